The first-order valence-corrected chi connectivity index (χ1v) is 8.08. The molecule has 1 aromatic heterocycles. The maximum atomic E-state index is 11.8. The van der Waals surface area contributed by atoms with Crippen LogP contribution in [-0.4, -0.2) is 22.4 Å². The first-order valence-electron chi connectivity index (χ1n) is 8.08. The molecule has 22 heavy (non-hydrogen) atoms. The highest BCUT2D eigenvalue weighted by atomic mass is 16.5. The summed E-state index contributed by atoms with van der Waals surface area (Å²) >= 11 is 0. The summed E-state index contributed by atoms with van der Waals surface area (Å²) in [5.74, 6) is 0.137. The Morgan fingerprint density at radius 3 is 2.59 bits per heavy atom. The van der Waals surface area contributed by atoms with E-state index in [2.05, 4.69) is 5.16 Å². The minimum atomic E-state index is -0.427. The summed E-state index contributed by atoms with van der Waals surface area (Å²) in [6.07, 6.45) is 7.69. The Bertz CT molecular complexity index is 625. The van der Waals surface area contributed by atoms with Crippen LogP contribution in [0.4, 0.5) is 0 Å². The van der Waals surface area contributed by atoms with Crippen molar-refractivity contribution in [3.05, 3.63) is 40.9 Å². The highest BCUT2D eigenvalue weighted by molar-refractivity contribution is 5.54. The fourth-order valence-electron chi connectivity index (χ4n) is 2.98. The van der Waals surface area contributed by atoms with Crippen molar-refractivity contribution in [3.63, 3.8) is 0 Å². The van der Waals surface area contributed by atoms with E-state index in [1.165, 1.54) is 25.7 Å². The smallest absolute Gasteiger partial charge is 0.376 e. The number of rotatable bonds is 5. The van der Waals surface area contributed by atoms with E-state index in [1.807, 2.05) is 30.3 Å². The van der Waals surface area contributed by atoms with Gasteiger partial charge >= 0.3 is 5.76 Å². The second kappa shape index (κ2) is 7.40. The van der Waals surface area contributed by atoms with Crippen molar-refractivity contribution in [2.75, 3.05) is 6.61 Å². The molecule has 1 fully saturated rings. The Kier molecular flexibility index (Phi) is 5.06. The van der Waals surface area contributed by atoms with E-state index >= 15 is 0 Å². The van der Waals surface area contributed by atoms with E-state index in [9.17, 15) is 4.79 Å². The lowest BCUT2D eigenvalue weighted by molar-refractivity contribution is 0.0377. The molecule has 0 radical (unpaired) electrons. The van der Waals surface area contributed by atoms with Gasteiger partial charge in [0.05, 0.1) is 19.3 Å². The van der Waals surface area contributed by atoms with Gasteiger partial charge in [-0.15, -0.1) is 0 Å². The summed E-state index contributed by atoms with van der Waals surface area (Å²) in [7, 11) is 0. The van der Waals surface area contributed by atoms with Crippen LogP contribution < -0.4 is 5.76 Å². The van der Waals surface area contributed by atoms with Crippen molar-refractivity contribution in [1.82, 2.24) is 9.72 Å². The number of nitrogens with zero attached hydrogens (tertiary/aromatic N) is 2. The second-order valence-electron chi connectivity index (χ2n) is 5.77. The Labute approximate surface area is 129 Å². The lowest BCUT2D eigenvalue weighted by atomic mass is 10.1. The summed E-state index contributed by atoms with van der Waals surface area (Å²) in [6.45, 7) is 0.995. The zero-order valence-electron chi connectivity index (χ0n) is 12.7. The molecular weight excluding hydrogens is 280 g/mol. The molecule has 1 heterocycles. The van der Waals surface area contributed by atoms with Crippen molar-refractivity contribution in [2.45, 2.75) is 51.2 Å². The van der Waals surface area contributed by atoms with Crippen LogP contribution in [0, 0.1) is 0 Å². The zero-order valence-corrected chi connectivity index (χ0v) is 12.7. The molecule has 5 heteroatoms. The van der Waals surface area contributed by atoms with Crippen LogP contribution >= 0.6 is 0 Å². The van der Waals surface area contributed by atoms with Crippen LogP contribution in [-0.2, 0) is 11.3 Å². The third-order valence-electron chi connectivity index (χ3n) is 4.19. The highest BCUT2D eigenvalue weighted by Gasteiger charge is 2.15. The monoisotopic (exact) mass is 302 g/mol. The molecule has 0 amide bonds. The minimum absolute atomic E-state index is 0.332. The molecule has 0 unspecified atom stereocenters. The third-order valence-corrected chi connectivity index (χ3v) is 4.19. The van der Waals surface area contributed by atoms with Gasteiger partial charge in [0.15, 0.2) is 5.82 Å². The van der Waals surface area contributed by atoms with Crippen molar-refractivity contribution in [1.29, 1.82) is 0 Å². The zero-order chi connectivity index (χ0) is 15.2. The predicted octanol–water partition coefficient (Wildman–Crippen LogP) is 3.24. The lowest BCUT2D eigenvalue weighted by Crippen LogP contribution is -2.21. The average molecular weight is 302 g/mol. The quantitative estimate of drug-likeness (QED) is 0.796. The van der Waals surface area contributed by atoms with Gasteiger partial charge in [-0.1, -0.05) is 61.2 Å². The van der Waals surface area contributed by atoms with E-state index in [4.69, 9.17) is 9.26 Å². The first-order chi connectivity index (χ1) is 10.8. The molecule has 3 rings (SSSR count). The van der Waals surface area contributed by atoms with Gasteiger partial charge in [-0.05, 0) is 12.8 Å². The molecule has 0 bridgehead atoms. The van der Waals surface area contributed by atoms with Gasteiger partial charge in [-0.2, -0.15) is 0 Å². The van der Waals surface area contributed by atoms with Gasteiger partial charge < -0.3 is 4.74 Å². The molecule has 0 atom stereocenters. The molecule has 0 saturated heterocycles. The van der Waals surface area contributed by atoms with E-state index in [0.717, 1.165) is 18.4 Å². The van der Waals surface area contributed by atoms with Gasteiger partial charge in [0.2, 0.25) is 0 Å². The van der Waals surface area contributed by atoms with Crippen LogP contribution in [0.1, 0.15) is 38.5 Å². The number of aromatic nitrogens is 2. The summed E-state index contributed by atoms with van der Waals surface area (Å²) in [4.78, 5) is 11.8. The van der Waals surface area contributed by atoms with Crippen molar-refractivity contribution < 1.29 is 9.26 Å². The van der Waals surface area contributed by atoms with E-state index < -0.39 is 5.76 Å². The Morgan fingerprint density at radius 2 is 1.86 bits per heavy atom. The summed E-state index contributed by atoms with van der Waals surface area (Å²) < 4.78 is 12.3. The summed E-state index contributed by atoms with van der Waals surface area (Å²) in [5, 5.41) is 3.89. The standard InChI is InChI=1S/C17H22N2O3/c20-17-19(12-13-21-15-10-6-1-2-7-11-15)16(18-22-17)14-8-4-3-5-9-14/h3-5,8-9,15H,1-2,6-7,10-13H2. The molecule has 118 valence electrons. The van der Waals surface area contributed by atoms with Crippen molar-refractivity contribution in [3.8, 4) is 11.4 Å². The average Bonchev–Trinajstić information content (AvgIpc) is 2.76. The van der Waals surface area contributed by atoms with Gasteiger partial charge in [-0.25, -0.2) is 4.79 Å². The van der Waals surface area contributed by atoms with Crippen molar-refractivity contribution in [2.24, 2.45) is 0 Å². The lowest BCUT2D eigenvalue weighted by Gasteiger charge is -2.15. The number of hydrogen-bond donors (Lipinski definition) is 0. The van der Waals surface area contributed by atoms with Gasteiger partial charge in [0.25, 0.3) is 0 Å². The van der Waals surface area contributed by atoms with Crippen LogP contribution in [0.2, 0.25) is 0 Å². The third kappa shape index (κ3) is 3.65. The molecule has 1 aromatic carbocycles. The Balaban J connectivity index is 1.63. The maximum Gasteiger partial charge on any atom is 0.441 e. The molecule has 0 spiro atoms. The van der Waals surface area contributed by atoms with Crippen LogP contribution in [0.25, 0.3) is 11.4 Å². The molecular formula is C17H22N2O3. The molecule has 1 aliphatic rings. The molecule has 1 aliphatic carbocycles. The highest BCUT2D eigenvalue weighted by Crippen LogP contribution is 2.20. The second-order valence-corrected chi connectivity index (χ2v) is 5.77. The molecule has 0 aliphatic heterocycles. The predicted molar refractivity (Wildman–Crippen MR) is 83.6 cm³/mol. The normalized spacial score (nSPS) is 16.5. The molecule has 2 aromatic rings. The maximum absolute atomic E-state index is 11.8. The van der Waals surface area contributed by atoms with Gasteiger partial charge in [0, 0.05) is 5.56 Å². The number of ether oxygens (including phenoxy) is 1. The SMILES string of the molecule is O=c1onc(-c2ccccc2)n1CCOC1CCCCCC1. The van der Waals surface area contributed by atoms with E-state index in [0.29, 0.717) is 25.1 Å². The fraction of sp³-hybridized carbons (Fsp3) is 0.529. The molecule has 5 nitrogen and oxygen atoms in total. The first kappa shape index (κ1) is 15.0. The van der Waals surface area contributed by atoms with Gasteiger partial charge in [0.1, 0.15) is 0 Å². The van der Waals surface area contributed by atoms with Crippen LogP contribution in [0.5, 0.6) is 0 Å². The van der Waals surface area contributed by atoms with Gasteiger partial charge in [-0.3, -0.25) is 9.09 Å². The van der Waals surface area contributed by atoms with E-state index in [-0.39, 0.29) is 0 Å². The van der Waals surface area contributed by atoms with Crippen LogP contribution in [0.3, 0.4) is 0 Å². The largest absolute Gasteiger partial charge is 0.441 e. The fourth-order valence-corrected chi connectivity index (χ4v) is 2.98. The Hall–Kier alpha value is -1.88. The number of benzene rings is 1. The molecule has 0 N–H and O–H groups in total. The minimum Gasteiger partial charge on any atom is -0.376 e. The summed E-state index contributed by atoms with van der Waals surface area (Å²) in [6, 6.07) is 9.60. The topological polar surface area (TPSA) is 57.3 Å². The Morgan fingerprint density at radius 1 is 1.14 bits per heavy atom. The van der Waals surface area contributed by atoms with E-state index in [1.54, 1.807) is 4.57 Å². The molecule has 1 saturated carbocycles. The van der Waals surface area contributed by atoms with Crippen LogP contribution in [0.15, 0.2) is 39.6 Å². The summed E-state index contributed by atoms with van der Waals surface area (Å²) in [5.41, 5.74) is 0.878. The van der Waals surface area contributed by atoms with Crippen molar-refractivity contribution >= 4 is 0 Å². The number of hydrogen-bond acceptors (Lipinski definition) is 4.